The fraction of sp³-hybridized carbons (Fsp3) is 0.471. The van der Waals surface area contributed by atoms with E-state index in [1.54, 1.807) is 6.92 Å². The lowest BCUT2D eigenvalue weighted by atomic mass is 9.96. The molecule has 0 spiro atoms. The number of carboxylic acid groups (broad SMARTS) is 1. The highest BCUT2D eigenvalue weighted by molar-refractivity contribution is 5.69. The first-order valence-corrected chi connectivity index (χ1v) is 6.93. The molecule has 0 aliphatic rings. The lowest BCUT2D eigenvalue weighted by Gasteiger charge is -2.13. The third-order valence-corrected chi connectivity index (χ3v) is 3.21. The second kappa shape index (κ2) is 8.27. The Morgan fingerprint density at radius 3 is 2.50 bits per heavy atom. The maximum absolute atomic E-state index is 10.8. The van der Waals surface area contributed by atoms with Gasteiger partial charge in [0.15, 0.2) is 0 Å². The van der Waals surface area contributed by atoms with E-state index < -0.39 is 5.97 Å². The topological polar surface area (TPSA) is 46.5 Å². The highest BCUT2D eigenvalue weighted by Gasteiger charge is 2.13. The van der Waals surface area contributed by atoms with Crippen LogP contribution in [0, 0.1) is 17.8 Å². The van der Waals surface area contributed by atoms with Crippen molar-refractivity contribution < 1.29 is 14.6 Å². The maximum atomic E-state index is 10.8. The average Bonchev–Trinajstić information content (AvgIpc) is 2.44. The summed E-state index contributed by atoms with van der Waals surface area (Å²) < 4.78 is 5.68. The van der Waals surface area contributed by atoms with Gasteiger partial charge >= 0.3 is 5.97 Å². The van der Waals surface area contributed by atoms with Crippen LogP contribution in [-0.4, -0.2) is 17.7 Å². The minimum absolute atomic E-state index is 0.0217. The summed E-state index contributed by atoms with van der Waals surface area (Å²) in [5.41, 5.74) is 0.914. The predicted molar refractivity (Wildman–Crippen MR) is 79.8 cm³/mol. The van der Waals surface area contributed by atoms with E-state index in [0.29, 0.717) is 12.5 Å². The van der Waals surface area contributed by atoms with E-state index in [1.165, 1.54) is 0 Å². The van der Waals surface area contributed by atoms with E-state index in [0.717, 1.165) is 17.7 Å². The Morgan fingerprint density at radius 2 is 2.00 bits per heavy atom. The number of benzene rings is 1. The number of carbonyl (C=O) groups is 1. The van der Waals surface area contributed by atoms with Crippen molar-refractivity contribution in [3.05, 3.63) is 29.8 Å². The number of rotatable bonds is 7. The summed E-state index contributed by atoms with van der Waals surface area (Å²) in [5.74, 6) is 5.97. The highest BCUT2D eigenvalue weighted by Crippen LogP contribution is 2.22. The quantitative estimate of drug-likeness (QED) is 0.771. The number of ether oxygens (including phenoxy) is 1. The average molecular weight is 274 g/mol. The van der Waals surface area contributed by atoms with Gasteiger partial charge in [-0.1, -0.05) is 38.3 Å². The third kappa shape index (κ3) is 5.36. The van der Waals surface area contributed by atoms with E-state index in [1.807, 2.05) is 24.3 Å². The van der Waals surface area contributed by atoms with E-state index in [4.69, 9.17) is 9.84 Å². The molecule has 20 heavy (non-hydrogen) atoms. The first-order valence-electron chi connectivity index (χ1n) is 6.93. The lowest BCUT2D eigenvalue weighted by Crippen LogP contribution is -2.07. The van der Waals surface area contributed by atoms with Crippen molar-refractivity contribution >= 4 is 5.97 Å². The van der Waals surface area contributed by atoms with Crippen molar-refractivity contribution in [3.8, 4) is 17.6 Å². The molecular weight excluding hydrogens is 252 g/mol. The van der Waals surface area contributed by atoms with Gasteiger partial charge in [-0.3, -0.25) is 4.79 Å². The van der Waals surface area contributed by atoms with Gasteiger partial charge < -0.3 is 9.84 Å². The summed E-state index contributed by atoms with van der Waals surface area (Å²) in [6.45, 7) is 6.70. The second-order valence-corrected chi connectivity index (χ2v) is 4.94. The smallest absolute Gasteiger partial charge is 0.304 e. The van der Waals surface area contributed by atoms with Gasteiger partial charge in [-0.05, 0) is 30.5 Å². The summed E-state index contributed by atoms with van der Waals surface area (Å²) in [5, 5.41) is 8.91. The number of hydrogen-bond acceptors (Lipinski definition) is 2. The molecule has 0 radical (unpaired) electrons. The van der Waals surface area contributed by atoms with E-state index in [-0.39, 0.29) is 12.3 Å². The Morgan fingerprint density at radius 1 is 1.35 bits per heavy atom. The largest absolute Gasteiger partial charge is 0.493 e. The van der Waals surface area contributed by atoms with Gasteiger partial charge in [0.1, 0.15) is 5.75 Å². The monoisotopic (exact) mass is 274 g/mol. The fourth-order valence-electron chi connectivity index (χ4n) is 1.75. The summed E-state index contributed by atoms with van der Waals surface area (Å²) >= 11 is 0. The third-order valence-electron chi connectivity index (χ3n) is 3.21. The van der Waals surface area contributed by atoms with Gasteiger partial charge in [0, 0.05) is 0 Å². The molecule has 1 aromatic rings. The van der Waals surface area contributed by atoms with Crippen molar-refractivity contribution in [1.29, 1.82) is 0 Å². The molecule has 0 aliphatic heterocycles. The zero-order valence-corrected chi connectivity index (χ0v) is 12.3. The first-order chi connectivity index (χ1) is 9.56. The van der Waals surface area contributed by atoms with Crippen LogP contribution >= 0.6 is 0 Å². The van der Waals surface area contributed by atoms with E-state index in [2.05, 4.69) is 25.7 Å². The molecule has 2 atom stereocenters. The minimum atomic E-state index is -0.838. The molecule has 0 unspecified atom stereocenters. The lowest BCUT2D eigenvalue weighted by molar-refractivity contribution is -0.137. The van der Waals surface area contributed by atoms with Crippen molar-refractivity contribution in [2.24, 2.45) is 5.92 Å². The Hall–Kier alpha value is -1.95. The van der Waals surface area contributed by atoms with Gasteiger partial charge in [-0.25, -0.2) is 0 Å². The van der Waals surface area contributed by atoms with Gasteiger partial charge in [0.25, 0.3) is 0 Å². The summed E-state index contributed by atoms with van der Waals surface area (Å²) in [7, 11) is 0. The second-order valence-electron chi connectivity index (χ2n) is 4.94. The van der Waals surface area contributed by atoms with E-state index in [9.17, 15) is 4.79 Å². The van der Waals surface area contributed by atoms with Gasteiger partial charge in [-0.15, -0.1) is 5.92 Å². The van der Waals surface area contributed by atoms with Crippen molar-refractivity contribution in [2.45, 2.75) is 39.5 Å². The van der Waals surface area contributed by atoms with Gasteiger partial charge in [-0.2, -0.15) is 0 Å². The molecule has 0 fully saturated rings. The van der Waals surface area contributed by atoms with Crippen molar-refractivity contribution in [3.63, 3.8) is 0 Å². The molecule has 3 heteroatoms. The normalized spacial score (nSPS) is 12.9. The Labute approximate surface area is 121 Å². The number of carboxylic acids is 1. The fourth-order valence-corrected chi connectivity index (χ4v) is 1.75. The molecule has 0 amide bonds. The highest BCUT2D eigenvalue weighted by atomic mass is 16.5. The Balaban J connectivity index is 2.72. The molecule has 3 nitrogen and oxygen atoms in total. The van der Waals surface area contributed by atoms with Crippen molar-refractivity contribution in [1.82, 2.24) is 0 Å². The van der Waals surface area contributed by atoms with Crippen LogP contribution in [0.3, 0.4) is 0 Å². The minimum Gasteiger partial charge on any atom is -0.493 e. The summed E-state index contributed by atoms with van der Waals surface area (Å²) in [6.07, 6.45) is 1.11. The Bertz CT molecular complexity index is 479. The number of aliphatic carboxylic acids is 1. The molecule has 1 N–H and O–H groups in total. The SMILES string of the molecule is CC#C[C@H](CC(=O)O)c1ccc(OC[C@@H](C)CC)cc1. The van der Waals surface area contributed by atoms with Crippen LogP contribution in [0.2, 0.25) is 0 Å². The summed E-state index contributed by atoms with van der Waals surface area (Å²) in [4.78, 5) is 10.8. The van der Waals surface area contributed by atoms with Gasteiger partial charge in [0.2, 0.25) is 0 Å². The molecule has 0 aromatic heterocycles. The molecule has 108 valence electrons. The van der Waals surface area contributed by atoms with Crippen LogP contribution in [0.15, 0.2) is 24.3 Å². The standard InChI is InChI=1S/C17H22O3/c1-4-6-15(11-17(18)19)14-7-9-16(10-8-14)20-12-13(3)5-2/h7-10,13,15H,5,11-12H2,1-3H3,(H,18,19)/t13-,15+/m0/s1. The molecule has 0 bridgehead atoms. The zero-order valence-electron chi connectivity index (χ0n) is 12.3. The first kappa shape index (κ1) is 16.1. The Kier molecular flexibility index (Phi) is 6.66. The molecule has 1 rings (SSSR count). The molecule has 0 saturated heterocycles. The van der Waals surface area contributed by atoms with Crippen LogP contribution in [0.25, 0.3) is 0 Å². The van der Waals surface area contributed by atoms with Crippen LogP contribution < -0.4 is 4.74 Å². The van der Waals surface area contributed by atoms with Gasteiger partial charge in [0.05, 0.1) is 18.9 Å². The van der Waals surface area contributed by atoms with Crippen LogP contribution in [0.1, 0.15) is 45.1 Å². The molecule has 0 heterocycles. The van der Waals surface area contributed by atoms with Crippen LogP contribution in [0.4, 0.5) is 0 Å². The molecule has 1 aromatic carbocycles. The zero-order chi connectivity index (χ0) is 15.0. The summed E-state index contributed by atoms with van der Waals surface area (Å²) in [6, 6.07) is 7.54. The number of hydrogen-bond donors (Lipinski definition) is 1. The van der Waals surface area contributed by atoms with Crippen molar-refractivity contribution in [2.75, 3.05) is 6.61 Å². The molecule has 0 aliphatic carbocycles. The molecule has 0 saturated carbocycles. The molecular formula is C17H22O3. The van der Waals surface area contributed by atoms with Crippen LogP contribution in [-0.2, 0) is 4.79 Å². The van der Waals surface area contributed by atoms with Crippen LogP contribution in [0.5, 0.6) is 5.75 Å². The maximum Gasteiger partial charge on any atom is 0.304 e. The predicted octanol–water partition coefficient (Wildman–Crippen LogP) is 3.69. The van der Waals surface area contributed by atoms with E-state index >= 15 is 0 Å².